The van der Waals surface area contributed by atoms with Crippen LogP contribution in [0.5, 0.6) is 23.0 Å². The molecule has 1 heterocycles. The molecule has 0 saturated carbocycles. The van der Waals surface area contributed by atoms with Crippen molar-refractivity contribution < 1.29 is 19.7 Å². The Morgan fingerprint density at radius 1 is 1.11 bits per heavy atom. The Balaban J connectivity index is 2.27. The fourth-order valence-electron chi connectivity index (χ4n) is 2.24. The third kappa shape index (κ3) is 1.43. The molecule has 2 N–H and O–H groups in total. The number of ether oxygens (including phenoxy) is 1. The molecule has 1 atom stereocenters. The Morgan fingerprint density at radius 3 is 2.67 bits per heavy atom. The summed E-state index contributed by atoms with van der Waals surface area (Å²) in [5, 5.41) is 19.3. The maximum atomic E-state index is 11.3. The highest BCUT2D eigenvalue weighted by atomic mass is 16.5. The number of hydrogen-bond acceptors (Lipinski definition) is 4. The van der Waals surface area contributed by atoms with E-state index in [4.69, 9.17) is 4.74 Å². The molecule has 0 amide bonds. The highest BCUT2D eigenvalue weighted by molar-refractivity contribution is 5.76. The molecule has 0 radical (unpaired) electrons. The first-order valence-corrected chi connectivity index (χ1v) is 5.48. The summed E-state index contributed by atoms with van der Waals surface area (Å²) in [4.78, 5) is 11.3. The van der Waals surface area contributed by atoms with Crippen LogP contribution in [0.1, 0.15) is 17.0 Å². The quantitative estimate of drug-likeness (QED) is 0.754. The maximum absolute atomic E-state index is 11.3. The van der Waals surface area contributed by atoms with E-state index in [0.717, 1.165) is 6.29 Å². The average Bonchev–Trinajstić information content (AvgIpc) is 2.35. The molecule has 2 aromatic carbocycles. The van der Waals surface area contributed by atoms with Crippen molar-refractivity contribution in [3.05, 3.63) is 47.5 Å². The van der Waals surface area contributed by atoms with Gasteiger partial charge in [0.2, 0.25) is 0 Å². The van der Waals surface area contributed by atoms with Gasteiger partial charge in [-0.3, -0.25) is 0 Å². The van der Waals surface area contributed by atoms with E-state index in [1.54, 1.807) is 24.3 Å². The van der Waals surface area contributed by atoms with Gasteiger partial charge < -0.3 is 19.7 Å². The molecule has 0 fully saturated rings. The van der Waals surface area contributed by atoms with E-state index in [1.807, 2.05) is 0 Å². The average molecular weight is 242 g/mol. The summed E-state index contributed by atoms with van der Waals surface area (Å²) in [5.41, 5.74) is 1.10. The Hall–Kier alpha value is -2.49. The van der Waals surface area contributed by atoms with Gasteiger partial charge in [0.25, 0.3) is 0 Å². The van der Waals surface area contributed by atoms with Crippen LogP contribution in [0, 0.1) is 0 Å². The minimum absolute atomic E-state index is 0.102. The van der Waals surface area contributed by atoms with Crippen molar-refractivity contribution in [3.8, 4) is 23.0 Å². The van der Waals surface area contributed by atoms with E-state index in [-0.39, 0.29) is 11.5 Å². The van der Waals surface area contributed by atoms with Gasteiger partial charge in [0.1, 0.15) is 29.3 Å². The second-order valence-electron chi connectivity index (χ2n) is 4.13. The summed E-state index contributed by atoms with van der Waals surface area (Å²) in [5.74, 6) is 0.0489. The third-order valence-electron chi connectivity index (χ3n) is 3.03. The van der Waals surface area contributed by atoms with Crippen molar-refractivity contribution in [2.45, 2.75) is 5.92 Å². The van der Waals surface area contributed by atoms with Crippen LogP contribution >= 0.6 is 0 Å². The Kier molecular flexibility index (Phi) is 2.23. The smallest absolute Gasteiger partial charge is 0.139 e. The number of carbonyl (C=O) groups excluding carboxylic acids is 1. The zero-order valence-corrected chi connectivity index (χ0v) is 9.33. The number of fused-ring (bicyclic) bond motifs is 2. The van der Waals surface area contributed by atoms with Crippen molar-refractivity contribution in [2.75, 3.05) is 0 Å². The number of aromatic hydroxyl groups is 2. The number of hydrogen-bond donors (Lipinski definition) is 2. The lowest BCUT2D eigenvalue weighted by atomic mass is 9.88. The highest BCUT2D eigenvalue weighted by Crippen LogP contribution is 2.48. The molecule has 2 aromatic rings. The number of benzene rings is 2. The Morgan fingerprint density at radius 2 is 1.89 bits per heavy atom. The van der Waals surface area contributed by atoms with E-state index in [1.165, 1.54) is 12.1 Å². The molecular formula is C14H10O4. The molecule has 0 aromatic heterocycles. The lowest BCUT2D eigenvalue weighted by Crippen LogP contribution is -2.11. The van der Waals surface area contributed by atoms with Crippen LogP contribution in [0.3, 0.4) is 0 Å². The summed E-state index contributed by atoms with van der Waals surface area (Å²) in [6, 6.07) is 9.73. The monoisotopic (exact) mass is 242 g/mol. The summed E-state index contributed by atoms with van der Waals surface area (Å²) in [7, 11) is 0. The topological polar surface area (TPSA) is 66.8 Å². The van der Waals surface area contributed by atoms with Crippen LogP contribution < -0.4 is 4.74 Å². The molecular weight excluding hydrogens is 232 g/mol. The summed E-state index contributed by atoms with van der Waals surface area (Å²) >= 11 is 0. The van der Waals surface area contributed by atoms with Gasteiger partial charge >= 0.3 is 0 Å². The highest BCUT2D eigenvalue weighted by Gasteiger charge is 2.30. The van der Waals surface area contributed by atoms with E-state index < -0.39 is 5.92 Å². The number of para-hydroxylation sites is 1. The number of rotatable bonds is 1. The SMILES string of the molecule is O=CC1c2ccccc2Oc2cc(O)cc(O)c21. The minimum atomic E-state index is -0.578. The van der Waals surface area contributed by atoms with Gasteiger partial charge in [-0.15, -0.1) is 0 Å². The van der Waals surface area contributed by atoms with Crippen LogP contribution in [-0.2, 0) is 4.79 Å². The summed E-state index contributed by atoms with van der Waals surface area (Å²) in [6.45, 7) is 0. The second kappa shape index (κ2) is 3.77. The molecule has 1 aliphatic heterocycles. The molecule has 0 aliphatic carbocycles. The molecule has 0 spiro atoms. The normalized spacial score (nSPS) is 16.3. The molecule has 4 heteroatoms. The third-order valence-corrected chi connectivity index (χ3v) is 3.03. The van der Waals surface area contributed by atoms with Crippen LogP contribution in [0.25, 0.3) is 0 Å². The molecule has 1 aliphatic rings. The predicted octanol–water partition coefficient (Wildman–Crippen LogP) is 2.53. The number of aldehydes is 1. The van der Waals surface area contributed by atoms with Gasteiger partial charge in [-0.2, -0.15) is 0 Å². The standard InChI is InChI=1S/C14H10O4/c15-7-10-9-3-1-2-4-12(9)18-13-6-8(16)5-11(17)14(10)13/h1-7,10,16-17H. The molecule has 0 saturated heterocycles. The van der Waals surface area contributed by atoms with Crippen LogP contribution in [0.15, 0.2) is 36.4 Å². The lowest BCUT2D eigenvalue weighted by Gasteiger charge is -2.25. The Labute approximate surface area is 103 Å². The summed E-state index contributed by atoms with van der Waals surface area (Å²) in [6.07, 6.45) is 0.761. The first-order valence-electron chi connectivity index (χ1n) is 5.48. The molecule has 0 bridgehead atoms. The van der Waals surface area contributed by atoms with Crippen molar-refractivity contribution in [2.24, 2.45) is 0 Å². The number of phenols is 2. The summed E-state index contributed by atoms with van der Waals surface area (Å²) < 4.78 is 5.59. The van der Waals surface area contributed by atoms with Crippen LogP contribution in [-0.4, -0.2) is 16.5 Å². The molecule has 4 nitrogen and oxygen atoms in total. The number of carbonyl (C=O) groups is 1. The zero-order valence-electron chi connectivity index (χ0n) is 9.33. The van der Waals surface area contributed by atoms with Crippen molar-refractivity contribution in [1.29, 1.82) is 0 Å². The van der Waals surface area contributed by atoms with Crippen molar-refractivity contribution in [3.63, 3.8) is 0 Å². The van der Waals surface area contributed by atoms with Gasteiger partial charge in [0, 0.05) is 17.7 Å². The molecule has 1 unspecified atom stereocenters. The predicted molar refractivity (Wildman–Crippen MR) is 64.2 cm³/mol. The molecule has 90 valence electrons. The van der Waals surface area contributed by atoms with Gasteiger partial charge in [0.15, 0.2) is 0 Å². The Bertz CT molecular complexity index is 634. The molecule has 3 rings (SSSR count). The van der Waals surface area contributed by atoms with Gasteiger partial charge in [-0.1, -0.05) is 18.2 Å². The fraction of sp³-hybridized carbons (Fsp3) is 0.0714. The largest absolute Gasteiger partial charge is 0.508 e. The second-order valence-corrected chi connectivity index (χ2v) is 4.13. The van der Waals surface area contributed by atoms with Crippen LogP contribution in [0.2, 0.25) is 0 Å². The minimum Gasteiger partial charge on any atom is -0.508 e. The van der Waals surface area contributed by atoms with Crippen LogP contribution in [0.4, 0.5) is 0 Å². The van der Waals surface area contributed by atoms with Crippen molar-refractivity contribution >= 4 is 6.29 Å². The van der Waals surface area contributed by atoms with Gasteiger partial charge in [-0.05, 0) is 6.07 Å². The van der Waals surface area contributed by atoms with Gasteiger partial charge in [-0.25, -0.2) is 0 Å². The lowest BCUT2D eigenvalue weighted by molar-refractivity contribution is -0.108. The fourth-order valence-corrected chi connectivity index (χ4v) is 2.24. The van der Waals surface area contributed by atoms with E-state index in [9.17, 15) is 15.0 Å². The molecule has 18 heavy (non-hydrogen) atoms. The zero-order chi connectivity index (χ0) is 12.7. The van der Waals surface area contributed by atoms with E-state index in [2.05, 4.69) is 0 Å². The first kappa shape index (κ1) is 10.7. The maximum Gasteiger partial charge on any atom is 0.139 e. The number of phenolic OH excluding ortho intramolecular Hbond substituents is 2. The van der Waals surface area contributed by atoms with Gasteiger partial charge in [0.05, 0.1) is 11.5 Å². The van der Waals surface area contributed by atoms with E-state index in [0.29, 0.717) is 22.6 Å². The van der Waals surface area contributed by atoms with E-state index >= 15 is 0 Å². The van der Waals surface area contributed by atoms with Crippen molar-refractivity contribution in [1.82, 2.24) is 0 Å². The first-order chi connectivity index (χ1) is 8.70.